The zero-order chi connectivity index (χ0) is 20.2. The van der Waals surface area contributed by atoms with Crippen molar-refractivity contribution in [2.75, 3.05) is 6.54 Å². The Morgan fingerprint density at radius 3 is 2.48 bits per heavy atom. The minimum atomic E-state index is -0.0454. The number of nitrogens with zero attached hydrogens (tertiary/aromatic N) is 1. The first-order valence-corrected chi connectivity index (χ1v) is 10.1. The summed E-state index contributed by atoms with van der Waals surface area (Å²) in [5, 5.41) is 1.69. The van der Waals surface area contributed by atoms with Crippen LogP contribution in [0.2, 0.25) is 5.02 Å². The van der Waals surface area contributed by atoms with Crippen molar-refractivity contribution >= 4 is 28.4 Å². The Balaban J connectivity index is 1.59. The number of aryl methyl sites for hydroxylation is 1. The van der Waals surface area contributed by atoms with Crippen LogP contribution in [0.5, 0.6) is 0 Å². The highest BCUT2D eigenvalue weighted by Crippen LogP contribution is 2.21. The quantitative estimate of drug-likeness (QED) is 0.421. The molecular weight excluding hydrogens is 380 g/mol. The van der Waals surface area contributed by atoms with Crippen LogP contribution in [-0.4, -0.2) is 22.3 Å². The summed E-state index contributed by atoms with van der Waals surface area (Å²) in [7, 11) is 0. The second kappa shape index (κ2) is 8.54. The van der Waals surface area contributed by atoms with E-state index in [4.69, 9.17) is 11.6 Å². The number of carbonyl (C=O) groups is 1. The van der Waals surface area contributed by atoms with E-state index in [9.17, 15) is 4.79 Å². The molecule has 4 aromatic rings. The van der Waals surface area contributed by atoms with Crippen LogP contribution in [-0.2, 0) is 13.0 Å². The summed E-state index contributed by atoms with van der Waals surface area (Å²) in [6, 6.07) is 23.8. The maximum atomic E-state index is 13.3. The monoisotopic (exact) mass is 402 g/mol. The number of amides is 1. The molecule has 3 aromatic carbocycles. The van der Waals surface area contributed by atoms with E-state index in [1.54, 1.807) is 12.1 Å². The summed E-state index contributed by atoms with van der Waals surface area (Å²) < 4.78 is 0. The van der Waals surface area contributed by atoms with Crippen molar-refractivity contribution in [3.63, 3.8) is 0 Å². The van der Waals surface area contributed by atoms with Crippen molar-refractivity contribution in [2.24, 2.45) is 0 Å². The highest BCUT2D eigenvalue weighted by atomic mass is 35.5. The van der Waals surface area contributed by atoms with Crippen molar-refractivity contribution in [3.8, 4) is 0 Å². The molecule has 0 unspecified atom stereocenters. The number of aromatic amines is 1. The maximum absolute atomic E-state index is 13.3. The van der Waals surface area contributed by atoms with Gasteiger partial charge in [0.1, 0.15) is 0 Å². The summed E-state index contributed by atoms with van der Waals surface area (Å²) in [6.07, 6.45) is 2.81. The van der Waals surface area contributed by atoms with Crippen molar-refractivity contribution in [2.45, 2.75) is 19.9 Å². The van der Waals surface area contributed by atoms with Crippen LogP contribution in [0.1, 0.15) is 27.0 Å². The third-order valence-electron chi connectivity index (χ3n) is 5.21. The van der Waals surface area contributed by atoms with E-state index in [0.717, 1.165) is 17.5 Å². The normalized spacial score (nSPS) is 11.0. The van der Waals surface area contributed by atoms with Crippen LogP contribution in [0.3, 0.4) is 0 Å². The molecule has 3 nitrogen and oxygen atoms in total. The molecule has 0 atom stereocenters. The first-order valence-electron chi connectivity index (χ1n) is 9.76. The van der Waals surface area contributed by atoms with Crippen LogP contribution >= 0.6 is 11.6 Å². The Morgan fingerprint density at radius 1 is 0.966 bits per heavy atom. The molecule has 0 radical (unpaired) electrons. The number of fused-ring (bicyclic) bond motifs is 1. The highest BCUT2D eigenvalue weighted by Gasteiger charge is 2.19. The number of carbonyl (C=O) groups excluding carboxylic acids is 1. The van der Waals surface area contributed by atoms with Crippen LogP contribution < -0.4 is 0 Å². The van der Waals surface area contributed by atoms with Gasteiger partial charge < -0.3 is 9.88 Å². The van der Waals surface area contributed by atoms with Gasteiger partial charge in [0.2, 0.25) is 0 Å². The number of H-pyrrole nitrogens is 1. The Labute approximate surface area is 175 Å². The first kappa shape index (κ1) is 19.3. The number of nitrogens with one attached hydrogen (secondary N) is 1. The van der Waals surface area contributed by atoms with Gasteiger partial charge >= 0.3 is 0 Å². The fourth-order valence-electron chi connectivity index (χ4n) is 3.57. The standard InChI is InChI=1S/C25H23ClN2O/c1-18-10-12-19(13-11-18)17-28(25(29)22-7-2-4-8-23(22)26)15-14-20-16-27-24-9-5-3-6-21(20)24/h2-13,16,27H,14-15,17H2,1H3. The van der Waals surface area contributed by atoms with E-state index in [1.807, 2.05) is 35.4 Å². The minimum absolute atomic E-state index is 0.0454. The predicted octanol–water partition coefficient (Wildman–Crippen LogP) is 6.01. The van der Waals surface area contributed by atoms with Gasteiger partial charge in [-0.1, -0.05) is 71.8 Å². The topological polar surface area (TPSA) is 36.1 Å². The number of benzene rings is 3. The summed E-state index contributed by atoms with van der Waals surface area (Å²) in [5.41, 5.74) is 5.18. The molecule has 0 aliphatic carbocycles. The Kier molecular flexibility index (Phi) is 5.68. The summed E-state index contributed by atoms with van der Waals surface area (Å²) in [4.78, 5) is 18.5. The maximum Gasteiger partial charge on any atom is 0.255 e. The van der Waals surface area contributed by atoms with Gasteiger partial charge in [-0.3, -0.25) is 4.79 Å². The van der Waals surface area contributed by atoms with Crippen molar-refractivity contribution < 1.29 is 4.79 Å². The van der Waals surface area contributed by atoms with Gasteiger partial charge in [0.05, 0.1) is 10.6 Å². The third-order valence-corrected chi connectivity index (χ3v) is 5.54. The van der Waals surface area contributed by atoms with Gasteiger partial charge in [0, 0.05) is 30.2 Å². The molecular formula is C25H23ClN2O. The molecule has 4 rings (SSSR count). The van der Waals surface area contributed by atoms with E-state index < -0.39 is 0 Å². The van der Waals surface area contributed by atoms with E-state index in [0.29, 0.717) is 23.7 Å². The van der Waals surface area contributed by atoms with Gasteiger partial charge in [-0.15, -0.1) is 0 Å². The number of para-hydroxylation sites is 1. The third kappa shape index (κ3) is 4.36. The Bertz CT molecular complexity index is 1130. The molecule has 0 saturated carbocycles. The summed E-state index contributed by atoms with van der Waals surface area (Å²) in [6.45, 7) is 3.22. The minimum Gasteiger partial charge on any atom is -0.361 e. The van der Waals surface area contributed by atoms with E-state index in [2.05, 4.69) is 48.3 Å². The molecule has 1 heterocycles. The van der Waals surface area contributed by atoms with Gasteiger partial charge in [-0.05, 0) is 42.7 Å². The number of aromatic nitrogens is 1. The van der Waals surface area contributed by atoms with E-state index in [1.165, 1.54) is 16.5 Å². The molecule has 0 saturated heterocycles. The zero-order valence-electron chi connectivity index (χ0n) is 16.4. The molecule has 4 heteroatoms. The van der Waals surface area contributed by atoms with Crippen LogP contribution in [0.25, 0.3) is 10.9 Å². The highest BCUT2D eigenvalue weighted by molar-refractivity contribution is 6.33. The molecule has 29 heavy (non-hydrogen) atoms. The van der Waals surface area contributed by atoms with Crippen LogP contribution in [0.15, 0.2) is 79.0 Å². The van der Waals surface area contributed by atoms with E-state index >= 15 is 0 Å². The van der Waals surface area contributed by atoms with Gasteiger partial charge in [0.25, 0.3) is 5.91 Å². The average Bonchev–Trinajstić information content (AvgIpc) is 3.15. The lowest BCUT2D eigenvalue weighted by Gasteiger charge is -2.23. The summed E-state index contributed by atoms with van der Waals surface area (Å²) >= 11 is 6.31. The number of hydrogen-bond donors (Lipinski definition) is 1. The van der Waals surface area contributed by atoms with Gasteiger partial charge in [0.15, 0.2) is 0 Å². The molecule has 146 valence electrons. The lowest BCUT2D eigenvalue weighted by molar-refractivity contribution is 0.0745. The van der Waals surface area contributed by atoms with Gasteiger partial charge in [-0.25, -0.2) is 0 Å². The van der Waals surface area contributed by atoms with Crippen molar-refractivity contribution in [1.82, 2.24) is 9.88 Å². The number of rotatable bonds is 6. The molecule has 1 amide bonds. The fourth-order valence-corrected chi connectivity index (χ4v) is 3.78. The number of hydrogen-bond acceptors (Lipinski definition) is 1. The Morgan fingerprint density at radius 2 is 1.69 bits per heavy atom. The lowest BCUT2D eigenvalue weighted by Crippen LogP contribution is -2.32. The van der Waals surface area contributed by atoms with Gasteiger partial charge in [-0.2, -0.15) is 0 Å². The molecule has 1 aromatic heterocycles. The zero-order valence-corrected chi connectivity index (χ0v) is 17.1. The lowest BCUT2D eigenvalue weighted by atomic mass is 10.1. The molecule has 1 N–H and O–H groups in total. The molecule has 0 spiro atoms. The van der Waals surface area contributed by atoms with Crippen LogP contribution in [0.4, 0.5) is 0 Å². The van der Waals surface area contributed by atoms with Crippen molar-refractivity contribution in [1.29, 1.82) is 0 Å². The molecule has 0 aliphatic heterocycles. The molecule has 0 bridgehead atoms. The van der Waals surface area contributed by atoms with E-state index in [-0.39, 0.29) is 5.91 Å². The largest absolute Gasteiger partial charge is 0.361 e. The SMILES string of the molecule is Cc1ccc(CN(CCc2c[nH]c3ccccc23)C(=O)c2ccccc2Cl)cc1. The smallest absolute Gasteiger partial charge is 0.255 e. The first-order chi connectivity index (χ1) is 14.1. The van der Waals surface area contributed by atoms with Crippen LogP contribution in [0, 0.1) is 6.92 Å². The number of halogens is 1. The van der Waals surface area contributed by atoms with Crippen molar-refractivity contribution in [3.05, 3.63) is 106 Å². The average molecular weight is 403 g/mol. The Hall–Kier alpha value is -3.04. The second-order valence-electron chi connectivity index (χ2n) is 7.30. The molecule has 0 aliphatic rings. The summed E-state index contributed by atoms with van der Waals surface area (Å²) in [5.74, 6) is -0.0454. The molecule has 0 fully saturated rings. The fraction of sp³-hybridized carbons (Fsp3) is 0.160. The second-order valence-corrected chi connectivity index (χ2v) is 7.71. The predicted molar refractivity (Wildman–Crippen MR) is 119 cm³/mol.